The smallest absolute Gasteiger partial charge is 0.185 e. The summed E-state index contributed by atoms with van der Waals surface area (Å²) in [5, 5.41) is 4.84. The van der Waals surface area contributed by atoms with Gasteiger partial charge in [-0.2, -0.15) is 0 Å². The Balaban J connectivity index is 1.69. The van der Waals surface area contributed by atoms with Crippen LogP contribution in [0.1, 0.15) is 50.1 Å². The van der Waals surface area contributed by atoms with Crippen molar-refractivity contribution in [3.8, 4) is 0 Å². The van der Waals surface area contributed by atoms with Crippen molar-refractivity contribution < 1.29 is 4.74 Å². The minimum absolute atomic E-state index is 0.366. The Labute approximate surface area is 131 Å². The lowest BCUT2D eigenvalue weighted by atomic mass is 10.2. The Hall–Kier alpha value is -0.650. The van der Waals surface area contributed by atoms with Crippen LogP contribution in [0.15, 0.2) is 0 Å². The predicted octanol–water partition coefficient (Wildman–Crippen LogP) is 2.96. The van der Waals surface area contributed by atoms with Crippen molar-refractivity contribution in [2.45, 2.75) is 64.6 Å². The van der Waals surface area contributed by atoms with E-state index >= 15 is 0 Å². The first-order chi connectivity index (χ1) is 10.3. The molecule has 3 rings (SSSR count). The Morgan fingerprint density at radius 1 is 1.38 bits per heavy atom. The molecule has 21 heavy (non-hydrogen) atoms. The summed E-state index contributed by atoms with van der Waals surface area (Å²) in [6.07, 6.45) is 6.40. The fraction of sp³-hybridized carbons (Fsp3) is 0.812. The highest BCUT2D eigenvalue weighted by Gasteiger charge is 2.24. The molecule has 0 radical (unpaired) electrons. The number of hydrogen-bond acceptors (Lipinski definition) is 5. The fourth-order valence-corrected chi connectivity index (χ4v) is 3.83. The third-order valence-electron chi connectivity index (χ3n) is 4.25. The minimum atomic E-state index is 0.366. The van der Waals surface area contributed by atoms with E-state index in [1.54, 1.807) is 0 Å². The van der Waals surface area contributed by atoms with Crippen LogP contribution in [0.4, 0.5) is 5.13 Å². The number of aryl methyl sites for hydroxylation is 1. The van der Waals surface area contributed by atoms with Gasteiger partial charge in [-0.05, 0) is 25.7 Å². The second kappa shape index (κ2) is 7.07. The van der Waals surface area contributed by atoms with Crippen molar-refractivity contribution in [3.05, 3.63) is 10.6 Å². The fourth-order valence-electron chi connectivity index (χ4n) is 2.74. The molecule has 0 aromatic carbocycles. The molecule has 1 aliphatic carbocycles. The predicted molar refractivity (Wildman–Crippen MR) is 88.2 cm³/mol. The van der Waals surface area contributed by atoms with Crippen LogP contribution >= 0.6 is 11.3 Å². The van der Waals surface area contributed by atoms with E-state index in [4.69, 9.17) is 9.72 Å². The van der Waals surface area contributed by atoms with E-state index in [-0.39, 0.29) is 0 Å². The summed E-state index contributed by atoms with van der Waals surface area (Å²) in [6, 6.07) is 0.762. The third-order valence-corrected chi connectivity index (χ3v) is 5.41. The zero-order chi connectivity index (χ0) is 14.7. The molecule has 1 aromatic heterocycles. The van der Waals surface area contributed by atoms with Gasteiger partial charge in [0.1, 0.15) is 0 Å². The monoisotopic (exact) mass is 309 g/mol. The normalized spacial score (nSPS) is 22.8. The molecular formula is C16H27N3OS. The van der Waals surface area contributed by atoms with E-state index in [0.717, 1.165) is 45.1 Å². The quantitative estimate of drug-likeness (QED) is 0.840. The zero-order valence-electron chi connectivity index (χ0n) is 13.2. The first-order valence-electron chi connectivity index (χ1n) is 8.38. The molecule has 0 spiro atoms. The SMILES string of the molecule is CCCc1nc(N2CCOC(CC)C2)sc1CNC1CC1. The average molecular weight is 309 g/mol. The molecule has 1 saturated carbocycles. The first-order valence-corrected chi connectivity index (χ1v) is 9.20. The first kappa shape index (κ1) is 15.3. The summed E-state index contributed by atoms with van der Waals surface area (Å²) in [5.74, 6) is 0. The molecule has 1 aromatic rings. The van der Waals surface area contributed by atoms with E-state index in [0.29, 0.717) is 6.10 Å². The highest BCUT2D eigenvalue weighted by Crippen LogP contribution is 2.30. The molecule has 1 saturated heterocycles. The molecule has 1 atom stereocenters. The molecule has 1 aliphatic heterocycles. The van der Waals surface area contributed by atoms with Crippen LogP contribution in [0.25, 0.3) is 0 Å². The molecule has 2 aliphatic rings. The van der Waals surface area contributed by atoms with E-state index in [2.05, 4.69) is 24.1 Å². The van der Waals surface area contributed by atoms with Gasteiger partial charge in [0, 0.05) is 30.6 Å². The summed E-state index contributed by atoms with van der Waals surface area (Å²) in [6.45, 7) is 8.23. The van der Waals surface area contributed by atoms with Gasteiger partial charge in [0.25, 0.3) is 0 Å². The van der Waals surface area contributed by atoms with Gasteiger partial charge in [-0.25, -0.2) is 4.98 Å². The number of nitrogens with one attached hydrogen (secondary N) is 1. The number of nitrogens with zero attached hydrogens (tertiary/aromatic N) is 2. The summed E-state index contributed by atoms with van der Waals surface area (Å²) >= 11 is 1.89. The summed E-state index contributed by atoms with van der Waals surface area (Å²) in [5.41, 5.74) is 1.31. The van der Waals surface area contributed by atoms with Gasteiger partial charge >= 0.3 is 0 Å². The summed E-state index contributed by atoms with van der Waals surface area (Å²) in [4.78, 5) is 8.80. The molecule has 5 heteroatoms. The Morgan fingerprint density at radius 2 is 2.24 bits per heavy atom. The van der Waals surface area contributed by atoms with Gasteiger partial charge in [-0.15, -0.1) is 11.3 Å². The molecule has 1 unspecified atom stereocenters. The van der Waals surface area contributed by atoms with Crippen molar-refractivity contribution in [1.82, 2.24) is 10.3 Å². The molecule has 0 bridgehead atoms. The van der Waals surface area contributed by atoms with Gasteiger partial charge in [0.2, 0.25) is 0 Å². The van der Waals surface area contributed by atoms with Gasteiger partial charge < -0.3 is 15.0 Å². The lowest BCUT2D eigenvalue weighted by Gasteiger charge is -2.32. The number of rotatable bonds is 7. The minimum Gasteiger partial charge on any atom is -0.375 e. The molecule has 2 fully saturated rings. The topological polar surface area (TPSA) is 37.4 Å². The molecule has 2 heterocycles. The van der Waals surface area contributed by atoms with Crippen LogP contribution < -0.4 is 10.2 Å². The van der Waals surface area contributed by atoms with Crippen LogP contribution in [-0.2, 0) is 17.7 Å². The Morgan fingerprint density at radius 3 is 2.95 bits per heavy atom. The highest BCUT2D eigenvalue weighted by molar-refractivity contribution is 7.15. The van der Waals surface area contributed by atoms with Gasteiger partial charge in [0.05, 0.1) is 18.4 Å². The number of ether oxygens (including phenoxy) is 1. The number of morpholine rings is 1. The molecule has 118 valence electrons. The van der Waals surface area contributed by atoms with Crippen LogP contribution in [0, 0.1) is 0 Å². The second-order valence-corrected chi connectivity index (χ2v) is 7.18. The Kier molecular flexibility index (Phi) is 5.14. The molecular weight excluding hydrogens is 282 g/mol. The van der Waals surface area contributed by atoms with Crippen LogP contribution in [0.5, 0.6) is 0 Å². The third kappa shape index (κ3) is 3.96. The van der Waals surface area contributed by atoms with Crippen molar-refractivity contribution in [2.75, 3.05) is 24.6 Å². The van der Waals surface area contributed by atoms with E-state index in [1.165, 1.54) is 35.0 Å². The Bertz CT molecular complexity index is 458. The van der Waals surface area contributed by atoms with Crippen molar-refractivity contribution in [1.29, 1.82) is 0 Å². The highest BCUT2D eigenvalue weighted by atomic mass is 32.1. The number of thiazole rings is 1. The van der Waals surface area contributed by atoms with Crippen LogP contribution in [0.3, 0.4) is 0 Å². The summed E-state index contributed by atoms with van der Waals surface area (Å²) in [7, 11) is 0. The lowest BCUT2D eigenvalue weighted by Crippen LogP contribution is -2.42. The van der Waals surface area contributed by atoms with Gasteiger partial charge in [-0.1, -0.05) is 20.3 Å². The largest absolute Gasteiger partial charge is 0.375 e. The molecule has 1 N–H and O–H groups in total. The summed E-state index contributed by atoms with van der Waals surface area (Å²) < 4.78 is 5.77. The van der Waals surface area contributed by atoms with E-state index in [9.17, 15) is 0 Å². The van der Waals surface area contributed by atoms with E-state index < -0.39 is 0 Å². The second-order valence-electron chi connectivity index (χ2n) is 6.12. The maximum absolute atomic E-state index is 5.77. The maximum atomic E-state index is 5.77. The number of anilines is 1. The average Bonchev–Trinajstić information content (AvgIpc) is 3.26. The number of hydrogen-bond donors (Lipinski definition) is 1. The standard InChI is InChI=1S/C16H27N3OS/c1-3-5-14-15(10-17-12-6-7-12)21-16(18-14)19-8-9-20-13(4-2)11-19/h12-13,17H,3-11H2,1-2H3. The molecule has 0 amide bonds. The zero-order valence-corrected chi connectivity index (χ0v) is 14.0. The molecule has 4 nitrogen and oxygen atoms in total. The van der Waals surface area contributed by atoms with Crippen molar-refractivity contribution >= 4 is 16.5 Å². The van der Waals surface area contributed by atoms with Crippen molar-refractivity contribution in [2.24, 2.45) is 0 Å². The number of aromatic nitrogens is 1. The van der Waals surface area contributed by atoms with Gasteiger partial charge in [-0.3, -0.25) is 0 Å². The van der Waals surface area contributed by atoms with Crippen LogP contribution in [-0.4, -0.2) is 36.8 Å². The van der Waals surface area contributed by atoms with Crippen LogP contribution in [0.2, 0.25) is 0 Å². The van der Waals surface area contributed by atoms with Gasteiger partial charge in [0.15, 0.2) is 5.13 Å². The van der Waals surface area contributed by atoms with E-state index in [1.807, 2.05) is 11.3 Å². The van der Waals surface area contributed by atoms with Crippen molar-refractivity contribution in [3.63, 3.8) is 0 Å². The maximum Gasteiger partial charge on any atom is 0.185 e. The lowest BCUT2D eigenvalue weighted by molar-refractivity contribution is 0.0384.